The van der Waals surface area contributed by atoms with E-state index in [1.807, 2.05) is 29.9 Å². The lowest BCUT2D eigenvalue weighted by atomic mass is 10.1. The molecule has 2 aromatic heterocycles. The number of amides is 2. The number of nitrogens with zero attached hydrogens (tertiary/aromatic N) is 3. The Hall–Kier alpha value is -2.61. The maximum Gasteiger partial charge on any atom is 0.314 e. The van der Waals surface area contributed by atoms with Gasteiger partial charge in [0.1, 0.15) is 6.26 Å². The molecule has 0 aliphatic carbocycles. The molecule has 0 spiro atoms. The molecule has 0 radical (unpaired) electrons. The Bertz CT molecular complexity index is 688. The first-order chi connectivity index (χ1) is 11.6. The zero-order chi connectivity index (χ0) is 16.9. The van der Waals surface area contributed by atoms with Gasteiger partial charge in [-0.2, -0.15) is 0 Å². The molecule has 128 valence electrons. The molecule has 3 rings (SSSR count). The number of nitrogens with one attached hydrogen (secondary N) is 2. The van der Waals surface area contributed by atoms with Gasteiger partial charge in [0.05, 0.1) is 6.04 Å². The lowest BCUT2D eigenvalue weighted by Gasteiger charge is -2.28. The summed E-state index contributed by atoms with van der Waals surface area (Å²) in [6, 6.07) is 5.56. The summed E-state index contributed by atoms with van der Waals surface area (Å²) in [5.41, 5.74) is 1.12. The van der Waals surface area contributed by atoms with Crippen LogP contribution in [0, 0.1) is 0 Å². The number of hydrogen-bond acceptors (Lipinski definition) is 5. The summed E-state index contributed by atoms with van der Waals surface area (Å²) in [4.78, 5) is 26.2. The van der Waals surface area contributed by atoms with Crippen LogP contribution in [0.3, 0.4) is 0 Å². The molecule has 1 saturated heterocycles. The lowest BCUT2D eigenvalue weighted by molar-refractivity contribution is -0.136. The summed E-state index contributed by atoms with van der Waals surface area (Å²) in [5.74, 6) is -1.22. The van der Waals surface area contributed by atoms with Crippen LogP contribution in [0.1, 0.15) is 24.6 Å². The molecule has 24 heavy (non-hydrogen) atoms. The number of likely N-dealkylation sites (tertiary alicyclic amines) is 1. The minimum atomic E-state index is -0.754. The predicted molar refractivity (Wildman–Crippen MR) is 87.1 cm³/mol. The number of carbonyl (C=O) groups excluding carboxylic acids is 2. The van der Waals surface area contributed by atoms with Gasteiger partial charge in [-0.25, -0.2) is 0 Å². The van der Waals surface area contributed by atoms with E-state index in [-0.39, 0.29) is 11.9 Å². The van der Waals surface area contributed by atoms with Crippen LogP contribution in [0.4, 0.5) is 5.82 Å². The molecule has 0 aromatic carbocycles. The van der Waals surface area contributed by atoms with Crippen LogP contribution in [0.2, 0.25) is 0 Å². The fourth-order valence-electron chi connectivity index (χ4n) is 3.01. The van der Waals surface area contributed by atoms with E-state index in [2.05, 4.69) is 25.2 Å². The fourth-order valence-corrected chi connectivity index (χ4v) is 3.01. The van der Waals surface area contributed by atoms with Crippen LogP contribution in [0.15, 0.2) is 35.2 Å². The first-order valence-electron chi connectivity index (χ1n) is 8.00. The summed E-state index contributed by atoms with van der Waals surface area (Å²) in [7, 11) is 1.98. The van der Waals surface area contributed by atoms with Crippen molar-refractivity contribution in [1.82, 2.24) is 19.9 Å². The Morgan fingerprint density at radius 1 is 1.29 bits per heavy atom. The number of carbonyl (C=O) groups is 2. The standard InChI is InChI=1S/C16H21N5O3/c1-20-7-4-5-12(20)13(21-8-2-3-9-21)11-17-15(22)16(23)18-14-6-10-24-19-14/h4-7,10,13H,2-3,8-9,11H2,1H3,(H,17,22)(H,18,19,23)/t13-/m1/s1. The second kappa shape index (κ2) is 7.31. The van der Waals surface area contributed by atoms with Crippen LogP contribution >= 0.6 is 0 Å². The smallest absolute Gasteiger partial charge is 0.314 e. The molecule has 2 N–H and O–H groups in total. The van der Waals surface area contributed by atoms with E-state index in [0.29, 0.717) is 6.54 Å². The highest BCUT2D eigenvalue weighted by Crippen LogP contribution is 2.24. The van der Waals surface area contributed by atoms with Gasteiger partial charge in [0, 0.05) is 31.5 Å². The fraction of sp³-hybridized carbons (Fsp3) is 0.438. The molecule has 1 fully saturated rings. The average molecular weight is 331 g/mol. The second-order valence-corrected chi connectivity index (χ2v) is 5.85. The van der Waals surface area contributed by atoms with E-state index in [9.17, 15) is 9.59 Å². The van der Waals surface area contributed by atoms with Crippen molar-refractivity contribution in [3.8, 4) is 0 Å². The molecule has 2 aromatic rings. The summed E-state index contributed by atoms with van der Waals surface area (Å²) >= 11 is 0. The Morgan fingerprint density at radius 2 is 2.08 bits per heavy atom. The van der Waals surface area contributed by atoms with Crippen molar-refractivity contribution in [1.29, 1.82) is 0 Å². The lowest BCUT2D eigenvalue weighted by Crippen LogP contribution is -2.41. The molecule has 8 heteroatoms. The van der Waals surface area contributed by atoms with Gasteiger partial charge in [0.2, 0.25) is 0 Å². The number of hydrogen-bond donors (Lipinski definition) is 2. The Kier molecular flexibility index (Phi) is 4.95. The van der Waals surface area contributed by atoms with Gasteiger partial charge >= 0.3 is 11.8 Å². The zero-order valence-electron chi connectivity index (χ0n) is 13.6. The van der Waals surface area contributed by atoms with Crippen LogP contribution in [-0.4, -0.2) is 46.1 Å². The molecule has 1 aliphatic heterocycles. The highest BCUT2D eigenvalue weighted by Gasteiger charge is 2.26. The predicted octanol–water partition coefficient (Wildman–Crippen LogP) is 0.905. The third-order valence-electron chi connectivity index (χ3n) is 4.25. The van der Waals surface area contributed by atoms with Gasteiger partial charge in [-0.05, 0) is 38.1 Å². The molecule has 0 unspecified atom stereocenters. The molecular formula is C16H21N5O3. The highest BCUT2D eigenvalue weighted by atomic mass is 16.5. The first-order valence-corrected chi connectivity index (χ1v) is 8.00. The molecule has 3 heterocycles. The SMILES string of the molecule is Cn1cccc1[C@@H](CNC(=O)C(=O)Nc1ccon1)N1CCCC1. The third-order valence-corrected chi connectivity index (χ3v) is 4.25. The van der Waals surface area contributed by atoms with Crippen LogP contribution < -0.4 is 10.6 Å². The minimum Gasteiger partial charge on any atom is -0.363 e. The van der Waals surface area contributed by atoms with Crippen molar-refractivity contribution in [2.75, 3.05) is 25.0 Å². The first kappa shape index (κ1) is 16.3. The minimum absolute atomic E-state index is 0.0521. The Balaban J connectivity index is 1.61. The molecule has 8 nitrogen and oxygen atoms in total. The summed E-state index contributed by atoms with van der Waals surface area (Å²) in [6.45, 7) is 2.37. The van der Waals surface area contributed by atoms with Crippen molar-refractivity contribution < 1.29 is 14.1 Å². The Labute approximate surface area is 139 Å². The maximum absolute atomic E-state index is 12.0. The van der Waals surface area contributed by atoms with E-state index in [0.717, 1.165) is 31.6 Å². The van der Waals surface area contributed by atoms with Gasteiger partial charge < -0.3 is 14.4 Å². The van der Waals surface area contributed by atoms with Crippen molar-refractivity contribution in [2.24, 2.45) is 7.05 Å². The average Bonchev–Trinajstić information content (AvgIpc) is 3.31. The van der Waals surface area contributed by atoms with E-state index in [1.165, 1.54) is 12.3 Å². The number of rotatable bonds is 5. The second-order valence-electron chi connectivity index (χ2n) is 5.85. The van der Waals surface area contributed by atoms with Gasteiger partial charge in [-0.3, -0.25) is 19.8 Å². The van der Waals surface area contributed by atoms with Crippen molar-refractivity contribution >= 4 is 17.6 Å². The van der Waals surface area contributed by atoms with Crippen molar-refractivity contribution in [3.63, 3.8) is 0 Å². The molecule has 2 amide bonds. The van der Waals surface area contributed by atoms with Crippen molar-refractivity contribution in [2.45, 2.75) is 18.9 Å². The summed E-state index contributed by atoms with van der Waals surface area (Å²) < 4.78 is 6.66. The molecule has 1 aliphatic rings. The van der Waals surface area contributed by atoms with Crippen LogP contribution in [-0.2, 0) is 16.6 Å². The molecule has 0 bridgehead atoms. The number of anilines is 1. The van der Waals surface area contributed by atoms with Gasteiger partial charge in [-0.15, -0.1) is 0 Å². The highest BCUT2D eigenvalue weighted by molar-refractivity contribution is 6.39. The topological polar surface area (TPSA) is 92.4 Å². The van der Waals surface area contributed by atoms with Crippen LogP contribution in [0.5, 0.6) is 0 Å². The normalized spacial score (nSPS) is 16.0. The third kappa shape index (κ3) is 3.65. The maximum atomic E-state index is 12.0. The number of aryl methyl sites for hydroxylation is 1. The number of aromatic nitrogens is 2. The van der Waals surface area contributed by atoms with Gasteiger partial charge in [0.15, 0.2) is 5.82 Å². The van der Waals surface area contributed by atoms with E-state index >= 15 is 0 Å². The van der Waals surface area contributed by atoms with Gasteiger partial charge in [-0.1, -0.05) is 5.16 Å². The summed E-state index contributed by atoms with van der Waals surface area (Å²) in [5, 5.41) is 8.66. The van der Waals surface area contributed by atoms with E-state index in [1.54, 1.807) is 0 Å². The largest absolute Gasteiger partial charge is 0.363 e. The molecular weight excluding hydrogens is 310 g/mol. The van der Waals surface area contributed by atoms with E-state index in [4.69, 9.17) is 0 Å². The molecule has 1 atom stereocenters. The Morgan fingerprint density at radius 3 is 2.71 bits per heavy atom. The zero-order valence-corrected chi connectivity index (χ0v) is 13.6. The summed E-state index contributed by atoms with van der Waals surface area (Å²) in [6.07, 6.45) is 5.62. The molecule has 0 saturated carbocycles. The quantitative estimate of drug-likeness (QED) is 0.794. The van der Waals surface area contributed by atoms with Crippen LogP contribution in [0.25, 0.3) is 0 Å². The van der Waals surface area contributed by atoms with E-state index < -0.39 is 11.8 Å². The van der Waals surface area contributed by atoms with Crippen molar-refractivity contribution in [3.05, 3.63) is 36.4 Å². The monoisotopic (exact) mass is 331 g/mol. The van der Waals surface area contributed by atoms with Gasteiger partial charge in [0.25, 0.3) is 0 Å².